The van der Waals surface area contributed by atoms with Crippen LogP contribution in [0.5, 0.6) is 0 Å². The van der Waals surface area contributed by atoms with Crippen molar-refractivity contribution in [3.63, 3.8) is 0 Å². The van der Waals surface area contributed by atoms with Crippen LogP contribution in [-0.4, -0.2) is 0 Å². The Kier molecular flexibility index (Phi) is 8.45. The molecule has 0 radical (unpaired) electrons. The average molecular weight is 880 g/mol. The number of anilines is 3. The highest BCUT2D eigenvalue weighted by Crippen LogP contribution is 2.55. The molecule has 12 aromatic carbocycles. The average Bonchev–Trinajstić information content (AvgIpc) is 3.75. The van der Waals surface area contributed by atoms with Crippen molar-refractivity contribution in [3.05, 3.63) is 247 Å². The van der Waals surface area contributed by atoms with Crippen LogP contribution >= 0.6 is 0 Å². The minimum atomic E-state index is -0.271. The van der Waals surface area contributed by atoms with Crippen LogP contribution in [0, 0.1) is 0 Å². The lowest BCUT2D eigenvalue weighted by Crippen LogP contribution is -2.17. The van der Waals surface area contributed by atoms with Gasteiger partial charge in [-0.1, -0.05) is 204 Å². The molecule has 0 unspecified atom stereocenters. The van der Waals surface area contributed by atoms with Gasteiger partial charge in [-0.25, -0.2) is 0 Å². The summed E-state index contributed by atoms with van der Waals surface area (Å²) in [7, 11) is 0. The number of hydrogen-bond acceptors (Lipinski definition) is 1. The smallest absolute Gasteiger partial charge is 0.0540 e. The normalized spacial score (nSPS) is 14.0. The molecule has 0 saturated carbocycles. The van der Waals surface area contributed by atoms with E-state index in [-0.39, 0.29) is 10.8 Å². The molecule has 2 aliphatic rings. The monoisotopic (exact) mass is 879 g/mol. The van der Waals surface area contributed by atoms with Gasteiger partial charge in [-0.3, -0.25) is 0 Å². The van der Waals surface area contributed by atoms with Crippen molar-refractivity contribution in [1.82, 2.24) is 0 Å². The molecule has 0 fully saturated rings. The van der Waals surface area contributed by atoms with Crippen molar-refractivity contribution in [1.29, 1.82) is 0 Å². The molecule has 12 aromatic rings. The lowest BCUT2D eigenvalue weighted by Gasteiger charge is -2.30. The largest absolute Gasteiger partial charge is 0.309 e. The van der Waals surface area contributed by atoms with Crippen LogP contribution in [-0.2, 0) is 10.8 Å². The van der Waals surface area contributed by atoms with Crippen LogP contribution in [0.2, 0.25) is 0 Å². The summed E-state index contributed by atoms with van der Waals surface area (Å²) in [5, 5.41) is 12.5. The van der Waals surface area contributed by atoms with Crippen molar-refractivity contribution in [2.45, 2.75) is 38.5 Å². The Bertz CT molecular complexity index is 4060. The Morgan fingerprint density at radius 1 is 0.275 bits per heavy atom. The summed E-state index contributed by atoms with van der Waals surface area (Å²) in [6, 6.07) is 84.5. The van der Waals surface area contributed by atoms with Crippen LogP contribution in [0.3, 0.4) is 0 Å². The highest BCUT2D eigenvalue weighted by Gasteiger charge is 2.38. The van der Waals surface area contributed by atoms with E-state index >= 15 is 0 Å². The highest BCUT2D eigenvalue weighted by molar-refractivity contribution is 6.24. The molecule has 14 rings (SSSR count). The molecule has 326 valence electrons. The van der Waals surface area contributed by atoms with Gasteiger partial charge in [0.1, 0.15) is 0 Å². The minimum Gasteiger partial charge on any atom is -0.309 e. The van der Waals surface area contributed by atoms with Gasteiger partial charge >= 0.3 is 0 Å². The van der Waals surface area contributed by atoms with E-state index in [1.165, 1.54) is 132 Å². The fourth-order valence-corrected chi connectivity index (χ4v) is 12.6. The first-order chi connectivity index (χ1) is 33.7. The van der Waals surface area contributed by atoms with Gasteiger partial charge in [0.15, 0.2) is 0 Å². The number of benzene rings is 12. The molecule has 0 amide bonds. The fraction of sp³-hybridized carbons (Fsp3) is 0.0882. The molecule has 69 heavy (non-hydrogen) atoms. The van der Waals surface area contributed by atoms with E-state index in [0.717, 1.165) is 5.69 Å². The standard InChI is InChI=1S/C68H49N/c1-67(2)59-28-14-13-25-51(59)52-34-31-46(39-60(52)67)65-55-26-11-12-27-56(55)66(58-38-45-20-6-5-19-44(45)37-57(58)65)47-32-35-53-54-36-33-48(41-62(54)68(3,4)61(53)40-47)69(63-29-15-21-42-17-7-9-23-49(42)63)64-30-16-22-43-18-8-10-24-50(43)64/h5-41H,1-4H3. The van der Waals surface area contributed by atoms with Crippen molar-refractivity contribution in [2.75, 3.05) is 4.90 Å². The Morgan fingerprint density at radius 2 is 0.667 bits per heavy atom. The van der Waals surface area contributed by atoms with Gasteiger partial charge in [-0.05, 0) is 158 Å². The number of hydrogen-bond donors (Lipinski definition) is 0. The van der Waals surface area contributed by atoms with E-state index in [2.05, 4.69) is 257 Å². The summed E-state index contributed by atoms with van der Waals surface area (Å²) in [6.07, 6.45) is 0. The molecular formula is C68H49N. The first-order valence-electron chi connectivity index (χ1n) is 24.4. The zero-order valence-corrected chi connectivity index (χ0v) is 39.3. The van der Waals surface area contributed by atoms with Crippen LogP contribution in [0.1, 0.15) is 49.9 Å². The Hall–Kier alpha value is -8.26. The summed E-state index contributed by atoms with van der Waals surface area (Å²) in [5.74, 6) is 0. The molecule has 0 N–H and O–H groups in total. The molecule has 0 saturated heterocycles. The zero-order chi connectivity index (χ0) is 46.2. The highest BCUT2D eigenvalue weighted by atomic mass is 15.1. The first-order valence-corrected chi connectivity index (χ1v) is 24.4. The number of rotatable bonds is 5. The minimum absolute atomic E-state index is 0.0973. The summed E-state index contributed by atoms with van der Waals surface area (Å²) >= 11 is 0. The number of nitrogens with zero attached hydrogens (tertiary/aromatic N) is 1. The van der Waals surface area contributed by atoms with Crippen molar-refractivity contribution in [2.24, 2.45) is 0 Å². The fourth-order valence-electron chi connectivity index (χ4n) is 12.6. The quantitative estimate of drug-likeness (QED) is 0.156. The maximum atomic E-state index is 2.52. The van der Waals surface area contributed by atoms with E-state index in [9.17, 15) is 0 Å². The van der Waals surface area contributed by atoms with Gasteiger partial charge in [0, 0.05) is 27.3 Å². The Morgan fingerprint density at radius 3 is 1.20 bits per heavy atom. The molecule has 2 aliphatic carbocycles. The second-order valence-corrected chi connectivity index (χ2v) is 20.4. The van der Waals surface area contributed by atoms with E-state index in [1.54, 1.807) is 0 Å². The van der Waals surface area contributed by atoms with Gasteiger partial charge in [-0.15, -0.1) is 0 Å². The van der Waals surface area contributed by atoms with Crippen LogP contribution in [0.4, 0.5) is 17.1 Å². The molecule has 0 spiro atoms. The molecule has 0 heterocycles. The second-order valence-electron chi connectivity index (χ2n) is 20.4. The summed E-state index contributed by atoms with van der Waals surface area (Å²) in [4.78, 5) is 2.49. The third kappa shape index (κ3) is 5.77. The topological polar surface area (TPSA) is 3.24 Å². The van der Waals surface area contributed by atoms with Crippen molar-refractivity contribution in [3.8, 4) is 44.5 Å². The summed E-state index contributed by atoms with van der Waals surface area (Å²) < 4.78 is 0. The molecular weight excluding hydrogens is 831 g/mol. The first kappa shape index (κ1) is 39.9. The van der Waals surface area contributed by atoms with Gasteiger partial charge in [0.25, 0.3) is 0 Å². The van der Waals surface area contributed by atoms with E-state index < -0.39 is 0 Å². The molecule has 0 atom stereocenters. The van der Waals surface area contributed by atoms with Crippen LogP contribution in [0.15, 0.2) is 224 Å². The third-order valence-corrected chi connectivity index (χ3v) is 16.0. The Labute approximate surface area is 403 Å². The third-order valence-electron chi connectivity index (χ3n) is 16.0. The maximum absolute atomic E-state index is 2.52. The SMILES string of the molecule is CC1(C)c2ccccc2-c2ccc(-c3c4ccccc4c(-c4ccc5c(c4)C(C)(C)c4cc(N(c6cccc7ccccc67)c6cccc7ccccc67)ccc4-5)c4cc5ccccc5cc34)cc21. The second kappa shape index (κ2) is 14.6. The van der Waals surface area contributed by atoms with E-state index in [0.29, 0.717) is 0 Å². The van der Waals surface area contributed by atoms with E-state index in [1.807, 2.05) is 0 Å². The summed E-state index contributed by atoms with van der Waals surface area (Å²) in [5.41, 5.74) is 19.0. The lowest BCUT2D eigenvalue weighted by atomic mass is 9.79. The van der Waals surface area contributed by atoms with Gasteiger partial charge < -0.3 is 4.90 Å². The maximum Gasteiger partial charge on any atom is 0.0540 e. The van der Waals surface area contributed by atoms with Crippen molar-refractivity contribution >= 4 is 70.9 Å². The zero-order valence-electron chi connectivity index (χ0n) is 39.3. The van der Waals surface area contributed by atoms with Gasteiger partial charge in [0.2, 0.25) is 0 Å². The predicted molar refractivity (Wildman–Crippen MR) is 295 cm³/mol. The number of fused-ring (bicyclic) bond motifs is 11. The van der Waals surface area contributed by atoms with Crippen molar-refractivity contribution < 1.29 is 0 Å². The van der Waals surface area contributed by atoms with Crippen LogP contribution in [0.25, 0.3) is 98.4 Å². The molecule has 1 nitrogen and oxygen atoms in total. The van der Waals surface area contributed by atoms with Gasteiger partial charge in [0.05, 0.1) is 11.4 Å². The molecule has 0 aliphatic heterocycles. The van der Waals surface area contributed by atoms with Crippen LogP contribution < -0.4 is 4.90 Å². The summed E-state index contributed by atoms with van der Waals surface area (Å²) in [6.45, 7) is 9.61. The molecule has 0 aromatic heterocycles. The predicted octanol–water partition coefficient (Wildman–Crippen LogP) is 18.9. The lowest BCUT2D eigenvalue weighted by molar-refractivity contribution is 0.660. The molecule has 0 bridgehead atoms. The molecule has 1 heteroatoms. The van der Waals surface area contributed by atoms with E-state index in [4.69, 9.17) is 0 Å². The Balaban J connectivity index is 0.956. The van der Waals surface area contributed by atoms with Gasteiger partial charge in [-0.2, -0.15) is 0 Å².